The van der Waals surface area contributed by atoms with E-state index < -0.39 is 0 Å². The fourth-order valence-corrected chi connectivity index (χ4v) is 3.36. The second kappa shape index (κ2) is 10.1. The van der Waals surface area contributed by atoms with Crippen molar-refractivity contribution < 1.29 is 0 Å². The third-order valence-electron chi connectivity index (χ3n) is 4.97. The number of halogens is 1. The Hall–Kier alpha value is -1.64. The molecular formula is C20H31IN6. The molecule has 0 spiro atoms. The van der Waals surface area contributed by atoms with E-state index in [2.05, 4.69) is 70.7 Å². The summed E-state index contributed by atoms with van der Waals surface area (Å²) in [7, 11) is 1.82. The van der Waals surface area contributed by atoms with Gasteiger partial charge in [-0.1, -0.05) is 43.7 Å². The van der Waals surface area contributed by atoms with Crippen LogP contribution in [0.3, 0.4) is 0 Å². The van der Waals surface area contributed by atoms with Crippen LogP contribution >= 0.6 is 24.0 Å². The van der Waals surface area contributed by atoms with Gasteiger partial charge >= 0.3 is 0 Å². The van der Waals surface area contributed by atoms with E-state index >= 15 is 0 Å². The second-order valence-electron chi connectivity index (χ2n) is 7.13. The van der Waals surface area contributed by atoms with Crippen molar-refractivity contribution in [2.24, 2.45) is 4.99 Å². The van der Waals surface area contributed by atoms with E-state index in [1.54, 1.807) is 0 Å². The average Bonchev–Trinajstić information content (AvgIpc) is 3.07. The highest BCUT2D eigenvalue weighted by Gasteiger charge is 2.22. The van der Waals surface area contributed by atoms with Gasteiger partial charge in [0, 0.05) is 32.5 Å². The Morgan fingerprint density at radius 1 is 1.41 bits per heavy atom. The molecule has 2 unspecified atom stereocenters. The molecule has 148 valence electrons. The fraction of sp³-hybridized carbons (Fsp3) is 0.550. The van der Waals surface area contributed by atoms with Gasteiger partial charge in [-0.2, -0.15) is 5.10 Å². The molecule has 1 aliphatic heterocycles. The summed E-state index contributed by atoms with van der Waals surface area (Å²) in [5.41, 5.74) is 2.65. The predicted octanol–water partition coefficient (Wildman–Crippen LogP) is 3.05. The molecule has 0 bridgehead atoms. The smallest absolute Gasteiger partial charge is 0.191 e. The van der Waals surface area contributed by atoms with E-state index in [0.29, 0.717) is 12.0 Å². The van der Waals surface area contributed by atoms with Crippen molar-refractivity contribution in [3.8, 4) is 0 Å². The summed E-state index contributed by atoms with van der Waals surface area (Å²) in [5, 5.41) is 11.6. The SMILES string of the molecule is CCc1nc2n(n1)CC(NC(=NC)NCC(C)c1cccc(C)c1)CC2.I. The Morgan fingerprint density at radius 3 is 2.93 bits per heavy atom. The summed E-state index contributed by atoms with van der Waals surface area (Å²) < 4.78 is 2.04. The maximum atomic E-state index is 4.58. The van der Waals surface area contributed by atoms with Gasteiger partial charge in [0.15, 0.2) is 11.8 Å². The zero-order chi connectivity index (χ0) is 18.5. The molecule has 0 amide bonds. The molecular weight excluding hydrogens is 451 g/mol. The first kappa shape index (κ1) is 21.7. The van der Waals surface area contributed by atoms with Crippen molar-refractivity contribution in [2.75, 3.05) is 13.6 Å². The fourth-order valence-electron chi connectivity index (χ4n) is 3.36. The van der Waals surface area contributed by atoms with E-state index in [1.807, 2.05) is 11.7 Å². The first-order valence-corrected chi connectivity index (χ1v) is 9.55. The molecule has 2 heterocycles. The van der Waals surface area contributed by atoms with Crippen molar-refractivity contribution in [1.82, 2.24) is 25.4 Å². The first-order chi connectivity index (χ1) is 12.6. The molecule has 0 saturated carbocycles. The average molecular weight is 482 g/mol. The lowest BCUT2D eigenvalue weighted by Crippen LogP contribution is -2.47. The molecule has 3 rings (SSSR count). The van der Waals surface area contributed by atoms with Gasteiger partial charge in [-0.3, -0.25) is 4.99 Å². The van der Waals surface area contributed by atoms with Gasteiger partial charge in [-0.15, -0.1) is 24.0 Å². The molecule has 2 aromatic rings. The van der Waals surface area contributed by atoms with Crippen molar-refractivity contribution in [2.45, 2.75) is 58.5 Å². The van der Waals surface area contributed by atoms with Gasteiger partial charge in [0.1, 0.15) is 5.82 Å². The largest absolute Gasteiger partial charge is 0.356 e. The summed E-state index contributed by atoms with van der Waals surface area (Å²) in [6, 6.07) is 9.02. The number of aryl methyl sites for hydroxylation is 3. The number of hydrogen-bond donors (Lipinski definition) is 2. The molecule has 7 heteroatoms. The summed E-state index contributed by atoms with van der Waals surface area (Å²) in [5.74, 6) is 3.33. The van der Waals surface area contributed by atoms with Crippen molar-refractivity contribution in [3.63, 3.8) is 0 Å². The maximum absolute atomic E-state index is 4.58. The molecule has 6 nitrogen and oxygen atoms in total. The van der Waals surface area contributed by atoms with Gasteiger partial charge < -0.3 is 10.6 Å². The molecule has 0 radical (unpaired) electrons. The Labute approximate surface area is 179 Å². The lowest BCUT2D eigenvalue weighted by molar-refractivity contribution is 0.392. The summed E-state index contributed by atoms with van der Waals surface area (Å²) in [4.78, 5) is 8.97. The summed E-state index contributed by atoms with van der Waals surface area (Å²) in [6.45, 7) is 8.16. The van der Waals surface area contributed by atoms with Crippen LogP contribution in [0, 0.1) is 6.92 Å². The Morgan fingerprint density at radius 2 is 2.22 bits per heavy atom. The molecule has 0 fully saturated rings. The zero-order valence-corrected chi connectivity index (χ0v) is 19.0. The zero-order valence-electron chi connectivity index (χ0n) is 16.7. The number of fused-ring (bicyclic) bond motifs is 1. The first-order valence-electron chi connectivity index (χ1n) is 9.55. The van der Waals surface area contributed by atoms with Crippen LogP contribution in [0.25, 0.3) is 0 Å². The molecule has 2 N–H and O–H groups in total. The minimum Gasteiger partial charge on any atom is -0.356 e. The normalized spacial score (nSPS) is 17.6. The number of nitrogens with one attached hydrogen (secondary N) is 2. The standard InChI is InChI=1S/C20H30N6.HI/c1-5-18-24-19-10-9-17(13-26(19)25-18)23-20(21-4)22-12-15(3)16-8-6-7-14(2)11-16;/h6-8,11,15,17H,5,9-10,12-13H2,1-4H3,(H2,21,22,23);1H. The van der Waals surface area contributed by atoms with Crippen LogP contribution in [0.2, 0.25) is 0 Å². The molecule has 0 saturated heterocycles. The van der Waals surface area contributed by atoms with Crippen molar-refractivity contribution >= 4 is 29.9 Å². The van der Waals surface area contributed by atoms with Crippen LogP contribution in [0.4, 0.5) is 0 Å². The van der Waals surface area contributed by atoms with E-state index in [9.17, 15) is 0 Å². The maximum Gasteiger partial charge on any atom is 0.191 e. The third-order valence-corrected chi connectivity index (χ3v) is 4.97. The van der Waals surface area contributed by atoms with Crippen LogP contribution in [-0.4, -0.2) is 40.4 Å². The number of benzene rings is 1. The van der Waals surface area contributed by atoms with Crippen LogP contribution in [-0.2, 0) is 19.4 Å². The highest BCUT2D eigenvalue weighted by Crippen LogP contribution is 2.16. The number of guanidine groups is 1. The minimum atomic E-state index is 0. The summed E-state index contributed by atoms with van der Waals surface area (Å²) in [6.07, 6.45) is 2.90. The molecule has 2 atom stereocenters. The number of hydrogen-bond acceptors (Lipinski definition) is 3. The van der Waals surface area contributed by atoms with Gasteiger partial charge in [0.2, 0.25) is 0 Å². The molecule has 1 aliphatic rings. The Bertz CT molecular complexity index is 770. The Balaban J connectivity index is 0.00000261. The van der Waals surface area contributed by atoms with Crippen LogP contribution in [0.15, 0.2) is 29.3 Å². The van der Waals surface area contributed by atoms with Gasteiger partial charge in [-0.25, -0.2) is 9.67 Å². The van der Waals surface area contributed by atoms with Gasteiger partial charge in [-0.05, 0) is 24.8 Å². The molecule has 0 aliphatic carbocycles. The highest BCUT2D eigenvalue weighted by molar-refractivity contribution is 14.0. The van der Waals surface area contributed by atoms with Crippen LogP contribution in [0.5, 0.6) is 0 Å². The number of aromatic nitrogens is 3. The third kappa shape index (κ3) is 5.67. The van der Waals surface area contributed by atoms with Crippen LogP contribution < -0.4 is 10.6 Å². The van der Waals surface area contributed by atoms with Gasteiger partial charge in [0.25, 0.3) is 0 Å². The van der Waals surface area contributed by atoms with E-state index in [1.165, 1.54) is 11.1 Å². The highest BCUT2D eigenvalue weighted by atomic mass is 127. The van der Waals surface area contributed by atoms with E-state index in [0.717, 1.165) is 50.0 Å². The van der Waals surface area contributed by atoms with E-state index in [-0.39, 0.29) is 24.0 Å². The second-order valence-corrected chi connectivity index (χ2v) is 7.13. The monoisotopic (exact) mass is 482 g/mol. The quantitative estimate of drug-likeness (QED) is 0.391. The number of aliphatic imine (C=N–C) groups is 1. The van der Waals surface area contributed by atoms with Gasteiger partial charge in [0.05, 0.1) is 6.54 Å². The van der Waals surface area contributed by atoms with Crippen molar-refractivity contribution in [3.05, 3.63) is 47.0 Å². The van der Waals surface area contributed by atoms with Crippen molar-refractivity contribution in [1.29, 1.82) is 0 Å². The lowest BCUT2D eigenvalue weighted by Gasteiger charge is -2.26. The minimum absolute atomic E-state index is 0. The number of nitrogens with zero attached hydrogens (tertiary/aromatic N) is 4. The molecule has 1 aromatic carbocycles. The predicted molar refractivity (Wildman–Crippen MR) is 121 cm³/mol. The lowest BCUT2D eigenvalue weighted by atomic mass is 9.99. The molecule has 1 aromatic heterocycles. The topological polar surface area (TPSA) is 67.1 Å². The van der Waals surface area contributed by atoms with Crippen LogP contribution in [0.1, 0.15) is 49.0 Å². The Kier molecular flexibility index (Phi) is 8.07. The number of rotatable bonds is 5. The summed E-state index contributed by atoms with van der Waals surface area (Å²) >= 11 is 0. The molecule has 27 heavy (non-hydrogen) atoms. The van der Waals surface area contributed by atoms with E-state index in [4.69, 9.17) is 0 Å².